The maximum absolute atomic E-state index is 12.7. The van der Waals surface area contributed by atoms with Gasteiger partial charge in [0.1, 0.15) is 0 Å². The SMILES string of the molecule is N#Cc1cccc(NS(=O)(=O)CC2CN(C(c3ccc(Cl)cc3)c3ccc(Cl)cc3)C2)c1. The van der Waals surface area contributed by atoms with Crippen molar-refractivity contribution in [1.82, 2.24) is 4.90 Å². The Morgan fingerprint density at radius 1 is 0.969 bits per heavy atom. The summed E-state index contributed by atoms with van der Waals surface area (Å²) < 4.78 is 27.9. The van der Waals surface area contributed by atoms with Crippen molar-refractivity contribution in [2.24, 2.45) is 5.92 Å². The van der Waals surface area contributed by atoms with E-state index in [0.29, 0.717) is 34.4 Å². The predicted octanol–water partition coefficient (Wildman–Crippen LogP) is 5.33. The van der Waals surface area contributed by atoms with Crippen LogP contribution in [0.4, 0.5) is 5.69 Å². The van der Waals surface area contributed by atoms with Crippen molar-refractivity contribution in [2.75, 3.05) is 23.6 Å². The van der Waals surface area contributed by atoms with Crippen molar-refractivity contribution >= 4 is 38.9 Å². The van der Waals surface area contributed by atoms with E-state index in [1.54, 1.807) is 18.2 Å². The Kier molecular flexibility index (Phi) is 6.73. The number of halogens is 2. The van der Waals surface area contributed by atoms with Crippen molar-refractivity contribution in [3.05, 3.63) is 99.5 Å². The topological polar surface area (TPSA) is 73.2 Å². The summed E-state index contributed by atoms with van der Waals surface area (Å²) in [6, 6.07) is 23.9. The van der Waals surface area contributed by atoms with Gasteiger partial charge in [0.15, 0.2) is 0 Å². The lowest BCUT2D eigenvalue weighted by Gasteiger charge is -2.44. The molecule has 1 heterocycles. The van der Waals surface area contributed by atoms with Gasteiger partial charge in [-0.15, -0.1) is 0 Å². The van der Waals surface area contributed by atoms with Gasteiger partial charge in [-0.2, -0.15) is 5.26 Å². The summed E-state index contributed by atoms with van der Waals surface area (Å²) in [6.45, 7) is 1.30. The Hall–Kier alpha value is -2.56. The van der Waals surface area contributed by atoms with Crippen LogP contribution < -0.4 is 4.72 Å². The van der Waals surface area contributed by atoms with Crippen molar-refractivity contribution in [1.29, 1.82) is 5.26 Å². The van der Waals surface area contributed by atoms with Gasteiger partial charge in [-0.3, -0.25) is 9.62 Å². The lowest BCUT2D eigenvalue weighted by molar-refractivity contribution is 0.0813. The van der Waals surface area contributed by atoms with Gasteiger partial charge in [-0.1, -0.05) is 53.5 Å². The molecule has 5 nitrogen and oxygen atoms in total. The van der Waals surface area contributed by atoms with Gasteiger partial charge in [0, 0.05) is 34.7 Å². The summed E-state index contributed by atoms with van der Waals surface area (Å²) in [7, 11) is -3.53. The second-order valence-corrected chi connectivity index (χ2v) is 10.5. The van der Waals surface area contributed by atoms with Crippen LogP contribution in [-0.2, 0) is 10.0 Å². The molecule has 1 aliphatic rings. The van der Waals surface area contributed by atoms with E-state index >= 15 is 0 Å². The molecule has 0 aromatic heterocycles. The van der Waals surface area contributed by atoms with Gasteiger partial charge in [-0.25, -0.2) is 8.42 Å². The summed E-state index contributed by atoms with van der Waals surface area (Å²) in [5.41, 5.74) is 2.99. The summed E-state index contributed by atoms with van der Waals surface area (Å²) in [4.78, 5) is 2.25. The number of nitriles is 1. The van der Waals surface area contributed by atoms with E-state index in [1.807, 2.05) is 54.6 Å². The highest BCUT2D eigenvalue weighted by Gasteiger charge is 2.36. The first-order valence-electron chi connectivity index (χ1n) is 10.1. The fourth-order valence-electron chi connectivity index (χ4n) is 4.01. The van der Waals surface area contributed by atoms with Crippen LogP contribution in [0.3, 0.4) is 0 Å². The number of hydrogen-bond donors (Lipinski definition) is 1. The van der Waals surface area contributed by atoms with Gasteiger partial charge >= 0.3 is 0 Å². The van der Waals surface area contributed by atoms with Crippen LogP contribution in [0.15, 0.2) is 72.8 Å². The molecule has 8 heteroatoms. The second-order valence-electron chi connectivity index (χ2n) is 7.90. The monoisotopic (exact) mass is 485 g/mol. The predicted molar refractivity (Wildman–Crippen MR) is 128 cm³/mol. The van der Waals surface area contributed by atoms with Crippen molar-refractivity contribution in [3.8, 4) is 6.07 Å². The molecule has 0 amide bonds. The number of nitrogens with zero attached hydrogens (tertiary/aromatic N) is 2. The van der Waals surface area contributed by atoms with E-state index in [0.717, 1.165) is 11.1 Å². The molecule has 164 valence electrons. The fourth-order valence-corrected chi connectivity index (χ4v) is 5.67. The standard InChI is InChI=1S/C24H21Cl2N3O2S/c25-21-8-4-19(5-9-21)24(20-6-10-22(26)11-7-20)29-14-18(15-29)16-32(30,31)28-23-3-1-2-17(12-23)13-27/h1-12,18,24,28H,14-16H2. The number of hydrogen-bond acceptors (Lipinski definition) is 4. The van der Waals surface area contributed by atoms with E-state index < -0.39 is 10.0 Å². The molecule has 0 bridgehead atoms. The minimum absolute atomic E-state index is 0.00810. The molecule has 1 saturated heterocycles. The van der Waals surface area contributed by atoms with Crippen LogP contribution in [0, 0.1) is 17.2 Å². The number of benzene rings is 3. The largest absolute Gasteiger partial charge is 0.292 e. The maximum atomic E-state index is 12.7. The summed E-state index contributed by atoms with van der Waals surface area (Å²) in [5, 5.41) is 10.3. The molecule has 1 N–H and O–H groups in total. The molecule has 0 unspecified atom stereocenters. The van der Waals surface area contributed by atoms with Crippen LogP contribution >= 0.6 is 23.2 Å². The molecule has 3 aromatic carbocycles. The molecule has 0 saturated carbocycles. The molecule has 1 fully saturated rings. The van der Waals surface area contributed by atoms with Crippen molar-refractivity contribution < 1.29 is 8.42 Å². The number of sulfonamides is 1. The molecule has 1 aliphatic heterocycles. The smallest absolute Gasteiger partial charge is 0.233 e. The molecule has 3 aromatic rings. The highest BCUT2D eigenvalue weighted by molar-refractivity contribution is 7.92. The van der Waals surface area contributed by atoms with E-state index in [4.69, 9.17) is 28.5 Å². The maximum Gasteiger partial charge on any atom is 0.233 e. The second kappa shape index (κ2) is 9.51. The first kappa shape index (κ1) is 22.6. The highest BCUT2D eigenvalue weighted by Crippen LogP contribution is 2.35. The minimum Gasteiger partial charge on any atom is -0.292 e. The zero-order valence-corrected chi connectivity index (χ0v) is 19.4. The molecular formula is C24H21Cl2N3O2S. The molecule has 32 heavy (non-hydrogen) atoms. The Morgan fingerprint density at radius 2 is 1.53 bits per heavy atom. The van der Waals surface area contributed by atoms with Crippen LogP contribution in [0.2, 0.25) is 10.0 Å². The third-order valence-electron chi connectivity index (χ3n) is 5.44. The lowest BCUT2D eigenvalue weighted by Crippen LogP contribution is -2.51. The number of anilines is 1. The van der Waals surface area contributed by atoms with Gasteiger partial charge in [0.25, 0.3) is 0 Å². The van der Waals surface area contributed by atoms with Crippen LogP contribution in [-0.4, -0.2) is 32.2 Å². The van der Waals surface area contributed by atoms with Gasteiger partial charge in [0.05, 0.1) is 23.4 Å². The van der Waals surface area contributed by atoms with Crippen molar-refractivity contribution in [2.45, 2.75) is 6.04 Å². The summed E-state index contributed by atoms with van der Waals surface area (Å²) in [6.07, 6.45) is 0. The Morgan fingerprint density at radius 3 is 2.06 bits per heavy atom. The molecular weight excluding hydrogens is 465 g/mol. The molecule has 0 spiro atoms. The van der Waals surface area contributed by atoms with E-state index in [1.165, 1.54) is 6.07 Å². The van der Waals surface area contributed by atoms with E-state index in [9.17, 15) is 8.42 Å². The van der Waals surface area contributed by atoms with Crippen molar-refractivity contribution in [3.63, 3.8) is 0 Å². The van der Waals surface area contributed by atoms with E-state index in [2.05, 4.69) is 9.62 Å². The van der Waals surface area contributed by atoms with Crippen LogP contribution in [0.1, 0.15) is 22.7 Å². The fraction of sp³-hybridized carbons (Fsp3) is 0.208. The van der Waals surface area contributed by atoms with Crippen LogP contribution in [0.5, 0.6) is 0 Å². The Bertz CT molecular complexity index is 1190. The van der Waals surface area contributed by atoms with Gasteiger partial charge in [0.2, 0.25) is 10.0 Å². The van der Waals surface area contributed by atoms with Gasteiger partial charge < -0.3 is 0 Å². The highest BCUT2D eigenvalue weighted by atomic mass is 35.5. The average Bonchev–Trinajstić information content (AvgIpc) is 2.74. The zero-order valence-electron chi connectivity index (χ0n) is 17.1. The quantitative estimate of drug-likeness (QED) is 0.490. The summed E-state index contributed by atoms with van der Waals surface area (Å²) in [5.74, 6) is 0.0302. The van der Waals surface area contributed by atoms with Crippen LogP contribution in [0.25, 0.3) is 0 Å². The third kappa shape index (κ3) is 5.43. The molecule has 0 radical (unpaired) electrons. The zero-order chi connectivity index (χ0) is 22.7. The number of rotatable bonds is 7. The Balaban J connectivity index is 1.45. The average molecular weight is 486 g/mol. The normalized spacial score (nSPS) is 14.7. The Labute approximate surface area is 198 Å². The third-order valence-corrected chi connectivity index (χ3v) is 7.40. The lowest BCUT2D eigenvalue weighted by atomic mass is 9.91. The molecule has 0 atom stereocenters. The first-order valence-corrected chi connectivity index (χ1v) is 12.5. The number of likely N-dealkylation sites (tertiary alicyclic amines) is 1. The molecule has 0 aliphatic carbocycles. The van der Waals surface area contributed by atoms with Gasteiger partial charge in [-0.05, 0) is 53.6 Å². The number of nitrogens with one attached hydrogen (secondary N) is 1. The molecule has 4 rings (SSSR count). The minimum atomic E-state index is -3.53. The first-order chi connectivity index (χ1) is 15.3. The van der Waals surface area contributed by atoms with E-state index in [-0.39, 0.29) is 17.7 Å². The summed E-state index contributed by atoms with van der Waals surface area (Å²) >= 11 is 12.1.